The van der Waals surface area contributed by atoms with E-state index in [0.717, 1.165) is 11.3 Å². The van der Waals surface area contributed by atoms with Crippen LogP contribution in [0.4, 0.5) is 0 Å². The number of methoxy groups -OCH3 is 1. The topological polar surface area (TPSA) is 55.4 Å². The monoisotopic (exact) mass is 319 g/mol. The van der Waals surface area contributed by atoms with Crippen molar-refractivity contribution < 1.29 is 14.3 Å². The molecule has 5 heteroatoms. The van der Waals surface area contributed by atoms with Crippen molar-refractivity contribution in [3.05, 3.63) is 54.1 Å². The lowest BCUT2D eigenvalue weighted by Gasteiger charge is -2.02. The molecule has 1 rings (SSSR count). The molecule has 1 aromatic rings. The molecule has 1 amide bonds. The Morgan fingerprint density at radius 3 is 2.68 bits per heavy atom. The average molecular weight is 319 g/mol. The lowest BCUT2D eigenvalue weighted by molar-refractivity contribution is -0.140. The molecule has 0 spiro atoms. The summed E-state index contributed by atoms with van der Waals surface area (Å²) in [5, 5.41) is 2.79. The van der Waals surface area contributed by atoms with Gasteiger partial charge in [0.05, 0.1) is 13.5 Å². The highest BCUT2D eigenvalue weighted by Crippen LogP contribution is 2.02. The van der Waals surface area contributed by atoms with Gasteiger partial charge >= 0.3 is 5.97 Å². The van der Waals surface area contributed by atoms with Crippen LogP contribution in [0, 0.1) is 0 Å². The Hall–Kier alpha value is -2.01. The number of esters is 1. The summed E-state index contributed by atoms with van der Waals surface area (Å²) in [6.07, 6.45) is 7.39. The van der Waals surface area contributed by atoms with Crippen molar-refractivity contribution in [1.29, 1.82) is 0 Å². The van der Waals surface area contributed by atoms with Gasteiger partial charge in [-0.2, -0.15) is 11.8 Å². The van der Waals surface area contributed by atoms with Crippen LogP contribution in [0.15, 0.2) is 48.6 Å². The van der Waals surface area contributed by atoms with Crippen LogP contribution in [0.3, 0.4) is 0 Å². The fourth-order valence-corrected chi connectivity index (χ4v) is 2.30. The third-order valence-electron chi connectivity index (χ3n) is 2.67. The number of allylic oxidation sites excluding steroid dienone is 2. The van der Waals surface area contributed by atoms with Gasteiger partial charge in [0, 0.05) is 24.1 Å². The van der Waals surface area contributed by atoms with E-state index in [2.05, 4.69) is 10.1 Å². The second-order valence-corrected chi connectivity index (χ2v) is 5.58. The van der Waals surface area contributed by atoms with Crippen LogP contribution in [0.5, 0.6) is 0 Å². The maximum Gasteiger partial charge on any atom is 0.306 e. The van der Waals surface area contributed by atoms with Gasteiger partial charge in [0.15, 0.2) is 0 Å². The van der Waals surface area contributed by atoms with Crippen molar-refractivity contribution in [3.63, 3.8) is 0 Å². The Balaban J connectivity index is 2.09. The second-order valence-electron chi connectivity index (χ2n) is 4.36. The van der Waals surface area contributed by atoms with E-state index >= 15 is 0 Å². The summed E-state index contributed by atoms with van der Waals surface area (Å²) >= 11 is 1.61. The van der Waals surface area contributed by atoms with Gasteiger partial charge < -0.3 is 10.1 Å². The third-order valence-corrected chi connectivity index (χ3v) is 3.66. The molecule has 0 saturated heterocycles. The molecule has 1 aromatic carbocycles. The number of thioether (sulfide) groups is 1. The van der Waals surface area contributed by atoms with Gasteiger partial charge in [0.2, 0.25) is 5.91 Å². The molecule has 0 aliphatic heterocycles. The normalized spacial score (nSPS) is 11.0. The quantitative estimate of drug-likeness (QED) is 0.329. The van der Waals surface area contributed by atoms with Crippen LogP contribution >= 0.6 is 11.8 Å². The molecular formula is C17H21NO3S. The minimum Gasteiger partial charge on any atom is -0.469 e. The van der Waals surface area contributed by atoms with E-state index in [9.17, 15) is 9.59 Å². The number of ether oxygens (including phenoxy) is 1. The van der Waals surface area contributed by atoms with E-state index in [1.165, 1.54) is 13.2 Å². The van der Waals surface area contributed by atoms with Crippen molar-refractivity contribution >= 4 is 29.7 Å². The summed E-state index contributed by atoms with van der Waals surface area (Å²) < 4.78 is 4.54. The number of rotatable bonds is 9. The standard InChI is InChI=1S/C17H21NO3S/c1-21-17(20)11-13-22-14-12-18-16(19)10-6-5-9-15-7-3-2-4-8-15/h2-10H,11-14H2,1H3,(H,18,19)/b9-5+,10-6+. The molecule has 4 nitrogen and oxygen atoms in total. The lowest BCUT2D eigenvalue weighted by Crippen LogP contribution is -2.23. The number of carbonyl (C=O) groups excluding carboxylic acids is 2. The third kappa shape index (κ3) is 9.02. The minimum absolute atomic E-state index is 0.119. The molecule has 0 fully saturated rings. The fraction of sp³-hybridized carbons (Fsp3) is 0.294. The highest BCUT2D eigenvalue weighted by Gasteiger charge is 1.99. The molecular weight excluding hydrogens is 298 g/mol. The van der Waals surface area contributed by atoms with Gasteiger partial charge in [-0.3, -0.25) is 9.59 Å². The maximum absolute atomic E-state index is 11.5. The molecule has 0 aromatic heterocycles. The zero-order valence-corrected chi connectivity index (χ0v) is 13.5. The zero-order chi connectivity index (χ0) is 16.0. The van der Waals surface area contributed by atoms with Crippen LogP contribution in [0.2, 0.25) is 0 Å². The summed E-state index contributed by atoms with van der Waals surface area (Å²) in [4.78, 5) is 22.4. The average Bonchev–Trinajstić information content (AvgIpc) is 2.55. The number of benzene rings is 1. The predicted molar refractivity (Wildman–Crippen MR) is 91.6 cm³/mol. The van der Waals surface area contributed by atoms with E-state index in [0.29, 0.717) is 18.7 Å². The molecule has 22 heavy (non-hydrogen) atoms. The Morgan fingerprint density at radius 1 is 1.18 bits per heavy atom. The molecule has 0 heterocycles. The molecule has 118 valence electrons. The summed E-state index contributed by atoms with van der Waals surface area (Å²) in [5.74, 6) is 1.16. The zero-order valence-electron chi connectivity index (χ0n) is 12.7. The SMILES string of the molecule is COC(=O)CCSCCNC(=O)/C=C/C=C/c1ccccc1. The van der Waals surface area contributed by atoms with Crippen LogP contribution in [0.25, 0.3) is 6.08 Å². The molecule has 0 unspecified atom stereocenters. The highest BCUT2D eigenvalue weighted by atomic mass is 32.2. The fourth-order valence-electron chi connectivity index (χ4n) is 1.54. The Bertz CT molecular complexity index is 512. The first-order chi connectivity index (χ1) is 10.7. The van der Waals surface area contributed by atoms with Gasteiger partial charge in [0.25, 0.3) is 0 Å². The Labute approximate surface area is 135 Å². The van der Waals surface area contributed by atoms with Crippen LogP contribution in [-0.2, 0) is 14.3 Å². The van der Waals surface area contributed by atoms with Gasteiger partial charge in [-0.1, -0.05) is 48.6 Å². The lowest BCUT2D eigenvalue weighted by atomic mass is 10.2. The van der Waals surface area contributed by atoms with Crippen LogP contribution in [0.1, 0.15) is 12.0 Å². The number of carbonyl (C=O) groups is 2. The van der Waals surface area contributed by atoms with Crippen LogP contribution in [-0.4, -0.2) is 37.0 Å². The van der Waals surface area contributed by atoms with E-state index in [1.54, 1.807) is 17.8 Å². The number of amides is 1. The van der Waals surface area contributed by atoms with E-state index in [1.807, 2.05) is 42.5 Å². The molecule has 0 saturated carbocycles. The van der Waals surface area contributed by atoms with Crippen molar-refractivity contribution in [2.75, 3.05) is 25.2 Å². The van der Waals surface area contributed by atoms with Crippen molar-refractivity contribution in [3.8, 4) is 0 Å². The number of hydrogen-bond donors (Lipinski definition) is 1. The molecule has 1 N–H and O–H groups in total. The smallest absolute Gasteiger partial charge is 0.306 e. The first-order valence-electron chi connectivity index (χ1n) is 7.04. The summed E-state index contributed by atoms with van der Waals surface area (Å²) in [6.45, 7) is 0.581. The second kappa shape index (κ2) is 11.6. The van der Waals surface area contributed by atoms with Crippen molar-refractivity contribution in [1.82, 2.24) is 5.32 Å². The van der Waals surface area contributed by atoms with Gasteiger partial charge in [-0.25, -0.2) is 0 Å². The first-order valence-corrected chi connectivity index (χ1v) is 8.20. The summed E-state index contributed by atoms with van der Waals surface area (Å²) in [6, 6.07) is 9.89. The molecule has 0 atom stereocenters. The largest absolute Gasteiger partial charge is 0.469 e. The highest BCUT2D eigenvalue weighted by molar-refractivity contribution is 7.99. The van der Waals surface area contributed by atoms with Crippen molar-refractivity contribution in [2.24, 2.45) is 0 Å². The van der Waals surface area contributed by atoms with Gasteiger partial charge in [-0.15, -0.1) is 0 Å². The van der Waals surface area contributed by atoms with E-state index in [4.69, 9.17) is 0 Å². The predicted octanol–water partition coefficient (Wildman–Crippen LogP) is 2.67. The van der Waals surface area contributed by atoms with Crippen molar-refractivity contribution in [2.45, 2.75) is 6.42 Å². The van der Waals surface area contributed by atoms with Crippen LogP contribution < -0.4 is 5.32 Å². The molecule has 0 aliphatic rings. The maximum atomic E-state index is 11.5. The van der Waals surface area contributed by atoms with Gasteiger partial charge in [0.1, 0.15) is 0 Å². The Morgan fingerprint density at radius 2 is 1.95 bits per heavy atom. The Kier molecular flexibility index (Phi) is 9.54. The number of hydrogen-bond acceptors (Lipinski definition) is 4. The van der Waals surface area contributed by atoms with Gasteiger partial charge in [-0.05, 0) is 5.56 Å². The molecule has 0 radical (unpaired) electrons. The number of nitrogens with one attached hydrogen (secondary N) is 1. The first kappa shape index (κ1) is 18.0. The molecule has 0 aliphatic carbocycles. The summed E-state index contributed by atoms with van der Waals surface area (Å²) in [7, 11) is 1.38. The summed E-state index contributed by atoms with van der Waals surface area (Å²) in [5.41, 5.74) is 1.09. The molecule has 0 bridgehead atoms. The van der Waals surface area contributed by atoms with E-state index in [-0.39, 0.29) is 11.9 Å². The minimum atomic E-state index is -0.204. The van der Waals surface area contributed by atoms with E-state index < -0.39 is 0 Å².